The maximum atomic E-state index is 11.5. The van der Waals surface area contributed by atoms with Gasteiger partial charge in [-0.1, -0.05) is 11.6 Å². The number of methoxy groups -OCH3 is 1. The predicted octanol–water partition coefficient (Wildman–Crippen LogP) is 4.24. The minimum atomic E-state index is -0.250. The number of hydrogen-bond donors (Lipinski definition) is 3. The van der Waals surface area contributed by atoms with E-state index in [1.54, 1.807) is 31.4 Å². The van der Waals surface area contributed by atoms with Gasteiger partial charge < -0.3 is 20.3 Å². The second kappa shape index (κ2) is 9.05. The number of aromatic hydroxyl groups is 1. The van der Waals surface area contributed by atoms with E-state index >= 15 is 0 Å². The topological polar surface area (TPSA) is 109 Å². The van der Waals surface area contributed by atoms with E-state index in [4.69, 9.17) is 31.2 Å². The summed E-state index contributed by atoms with van der Waals surface area (Å²) in [6.45, 7) is 3.15. The van der Waals surface area contributed by atoms with Gasteiger partial charge in [-0.05, 0) is 48.9 Å². The lowest BCUT2D eigenvalue weighted by Gasteiger charge is -2.14. The van der Waals surface area contributed by atoms with E-state index in [0.717, 1.165) is 10.9 Å². The fraction of sp³-hybridized carbons (Fsp3) is 0.150. The highest BCUT2D eigenvalue weighted by molar-refractivity contribution is 6.33. The molecular weight excluding hydrogens is 384 g/mol. The lowest BCUT2D eigenvalue weighted by molar-refractivity contribution is -0.123. The Labute approximate surface area is 166 Å². The largest absolute Gasteiger partial charge is 0.508 e. The molecule has 2 aromatic carbocycles. The molecule has 8 heteroatoms. The van der Waals surface area contributed by atoms with Gasteiger partial charge in [0.05, 0.1) is 23.5 Å². The zero-order valence-electron chi connectivity index (χ0n) is 15.5. The second-order valence-electron chi connectivity index (χ2n) is 5.81. The van der Waals surface area contributed by atoms with Gasteiger partial charge in [-0.15, -0.1) is 0 Å². The lowest BCUT2D eigenvalue weighted by atomic mass is 10.0. The van der Waals surface area contributed by atoms with Crippen molar-refractivity contribution in [3.63, 3.8) is 0 Å². The average molecular weight is 403 g/mol. The van der Waals surface area contributed by atoms with Crippen LogP contribution in [0, 0.1) is 6.92 Å². The third kappa shape index (κ3) is 4.50. The van der Waals surface area contributed by atoms with Crippen molar-refractivity contribution in [2.24, 2.45) is 0 Å². The maximum absolute atomic E-state index is 11.5. The first kappa shape index (κ1) is 21.0. The fourth-order valence-corrected chi connectivity index (χ4v) is 3.09. The van der Waals surface area contributed by atoms with Crippen molar-refractivity contribution in [3.8, 4) is 22.8 Å². The summed E-state index contributed by atoms with van der Waals surface area (Å²) < 4.78 is 5.43. The Morgan fingerprint density at radius 2 is 1.93 bits per heavy atom. The Balaban J connectivity index is 0.000000878. The number of amides is 1. The summed E-state index contributed by atoms with van der Waals surface area (Å²) in [5, 5.41) is 20.5. The Kier molecular flexibility index (Phi) is 6.79. The van der Waals surface area contributed by atoms with E-state index < -0.39 is 0 Å². The third-order valence-electron chi connectivity index (χ3n) is 3.88. The normalized spacial score (nSPS) is 10.0. The van der Waals surface area contributed by atoms with Gasteiger partial charge in [0.15, 0.2) is 0 Å². The molecule has 3 N–H and O–H groups in total. The van der Waals surface area contributed by atoms with E-state index in [-0.39, 0.29) is 18.1 Å². The second-order valence-corrected chi connectivity index (χ2v) is 6.22. The number of halogens is 1. The summed E-state index contributed by atoms with van der Waals surface area (Å²) in [5.41, 5.74) is 3.60. The number of benzene rings is 2. The predicted molar refractivity (Wildman–Crippen MR) is 108 cm³/mol. The number of rotatable bonds is 3. The van der Waals surface area contributed by atoms with Gasteiger partial charge in [-0.3, -0.25) is 9.59 Å². The molecule has 146 valence electrons. The van der Waals surface area contributed by atoms with Crippen LogP contribution in [-0.4, -0.2) is 34.7 Å². The van der Waals surface area contributed by atoms with Crippen LogP contribution in [0.1, 0.15) is 12.5 Å². The first-order valence-electron chi connectivity index (χ1n) is 8.15. The number of phenols is 1. The quantitative estimate of drug-likeness (QED) is 0.565. The molecule has 0 aliphatic carbocycles. The van der Waals surface area contributed by atoms with Crippen LogP contribution in [0.2, 0.25) is 5.02 Å². The molecule has 0 spiro atoms. The molecule has 0 atom stereocenters. The Hall–Kier alpha value is -3.32. The van der Waals surface area contributed by atoms with Gasteiger partial charge >= 0.3 is 0 Å². The summed E-state index contributed by atoms with van der Waals surface area (Å²) >= 11 is 6.25. The molecule has 0 aliphatic heterocycles. The van der Waals surface area contributed by atoms with E-state index in [0.29, 0.717) is 33.2 Å². The van der Waals surface area contributed by atoms with Crippen LogP contribution in [0.3, 0.4) is 0 Å². The minimum Gasteiger partial charge on any atom is -0.508 e. The van der Waals surface area contributed by atoms with Gasteiger partial charge in [-0.25, -0.2) is 4.98 Å². The van der Waals surface area contributed by atoms with Crippen LogP contribution in [0.5, 0.6) is 11.5 Å². The van der Waals surface area contributed by atoms with Crippen molar-refractivity contribution in [2.75, 3.05) is 12.4 Å². The molecule has 0 aliphatic rings. The van der Waals surface area contributed by atoms with Crippen LogP contribution in [-0.2, 0) is 9.59 Å². The Bertz CT molecular complexity index is 1040. The minimum absolute atomic E-state index is 0.0942. The molecule has 0 fully saturated rings. The number of phenolic OH excluding ortho intramolecular Hbond substituents is 1. The van der Waals surface area contributed by atoms with Gasteiger partial charge in [0.2, 0.25) is 5.91 Å². The number of carboxylic acid groups (broad SMARTS) is 1. The van der Waals surface area contributed by atoms with Crippen molar-refractivity contribution in [2.45, 2.75) is 13.8 Å². The van der Waals surface area contributed by atoms with Crippen molar-refractivity contribution >= 4 is 40.6 Å². The number of aryl methyl sites for hydroxylation is 1. The molecule has 0 unspecified atom stereocenters. The highest BCUT2D eigenvalue weighted by Crippen LogP contribution is 2.37. The van der Waals surface area contributed by atoms with Crippen molar-refractivity contribution < 1.29 is 24.5 Å². The smallest absolute Gasteiger partial charge is 0.290 e. The summed E-state index contributed by atoms with van der Waals surface area (Å²) in [6, 6.07) is 10.2. The lowest BCUT2D eigenvalue weighted by Crippen LogP contribution is -2.07. The fourth-order valence-electron chi connectivity index (χ4n) is 2.82. The number of anilines is 1. The highest BCUT2D eigenvalue weighted by Gasteiger charge is 2.15. The number of fused-ring (bicyclic) bond motifs is 1. The number of nitrogens with one attached hydrogen (secondary N) is 1. The van der Waals surface area contributed by atoms with E-state index in [1.807, 2.05) is 13.0 Å². The number of pyridine rings is 1. The van der Waals surface area contributed by atoms with Crippen LogP contribution in [0.25, 0.3) is 22.2 Å². The SMILES string of the molecule is COc1ccc(NC(C)=O)c2c(C)cc(-c3ccc(O)cc3Cl)nc12.O=CO. The van der Waals surface area contributed by atoms with E-state index in [2.05, 4.69) is 5.32 Å². The summed E-state index contributed by atoms with van der Waals surface area (Å²) in [6.07, 6.45) is 0. The van der Waals surface area contributed by atoms with Crippen molar-refractivity contribution in [3.05, 3.63) is 47.0 Å². The zero-order chi connectivity index (χ0) is 20.8. The molecule has 1 aromatic heterocycles. The molecule has 0 saturated heterocycles. The van der Waals surface area contributed by atoms with Gasteiger partial charge in [0, 0.05) is 17.9 Å². The van der Waals surface area contributed by atoms with E-state index in [1.165, 1.54) is 13.0 Å². The molecule has 0 radical (unpaired) electrons. The molecule has 3 aromatic rings. The van der Waals surface area contributed by atoms with Gasteiger partial charge in [-0.2, -0.15) is 0 Å². The Morgan fingerprint density at radius 3 is 2.50 bits per heavy atom. The third-order valence-corrected chi connectivity index (χ3v) is 4.19. The molecule has 0 saturated carbocycles. The number of hydrogen-bond acceptors (Lipinski definition) is 5. The van der Waals surface area contributed by atoms with Crippen molar-refractivity contribution in [1.82, 2.24) is 4.98 Å². The number of carbonyl (C=O) groups excluding carboxylic acids is 1. The van der Waals surface area contributed by atoms with Crippen LogP contribution in [0.15, 0.2) is 36.4 Å². The van der Waals surface area contributed by atoms with Crippen LogP contribution >= 0.6 is 11.6 Å². The molecular formula is C20H19ClN2O5. The zero-order valence-corrected chi connectivity index (χ0v) is 16.2. The van der Waals surface area contributed by atoms with Crippen LogP contribution < -0.4 is 10.1 Å². The molecule has 1 heterocycles. The molecule has 28 heavy (non-hydrogen) atoms. The van der Waals surface area contributed by atoms with E-state index in [9.17, 15) is 9.90 Å². The first-order valence-corrected chi connectivity index (χ1v) is 8.52. The Morgan fingerprint density at radius 1 is 1.25 bits per heavy atom. The van der Waals surface area contributed by atoms with Crippen molar-refractivity contribution in [1.29, 1.82) is 0 Å². The number of ether oxygens (including phenoxy) is 1. The number of aromatic nitrogens is 1. The molecule has 1 amide bonds. The molecule has 3 rings (SSSR count). The number of carbonyl (C=O) groups is 2. The highest BCUT2D eigenvalue weighted by atomic mass is 35.5. The average Bonchev–Trinajstić information content (AvgIpc) is 2.61. The maximum Gasteiger partial charge on any atom is 0.290 e. The van der Waals surface area contributed by atoms with Crippen LogP contribution in [0.4, 0.5) is 5.69 Å². The standard InChI is InChI=1S/C19H17ClN2O3.CH2O2/c1-10-8-16(13-5-4-12(24)9-14(13)20)22-19-17(25-3)7-6-15(18(10)19)21-11(2)23;2-1-3/h4-9,24H,1-3H3,(H,21,23);1H,(H,2,3). The van der Waals surface area contributed by atoms with Gasteiger partial charge in [0.1, 0.15) is 17.0 Å². The monoisotopic (exact) mass is 402 g/mol. The summed E-state index contributed by atoms with van der Waals surface area (Å²) in [4.78, 5) is 24.5. The first-order chi connectivity index (χ1) is 13.3. The summed E-state index contributed by atoms with van der Waals surface area (Å²) in [5.74, 6) is 0.539. The molecule has 0 bridgehead atoms. The summed E-state index contributed by atoms with van der Waals surface area (Å²) in [7, 11) is 1.57. The van der Waals surface area contributed by atoms with Gasteiger partial charge in [0.25, 0.3) is 6.47 Å². The molecule has 7 nitrogen and oxygen atoms in total. The number of nitrogens with zero attached hydrogens (tertiary/aromatic N) is 1.